The Morgan fingerprint density at radius 2 is 1.70 bits per heavy atom. The van der Waals surface area contributed by atoms with Gasteiger partial charge in [-0.25, -0.2) is 0 Å². The molecule has 5 nitrogen and oxygen atoms in total. The van der Waals surface area contributed by atoms with E-state index in [0.29, 0.717) is 0 Å². The molecule has 0 amide bonds. The van der Waals surface area contributed by atoms with Crippen molar-refractivity contribution < 1.29 is 0 Å². The maximum absolute atomic E-state index is 4.48. The largest absolute Gasteiger partial charge is 0.324 e. The van der Waals surface area contributed by atoms with Crippen LogP contribution in [-0.2, 0) is 0 Å². The molecule has 20 heavy (non-hydrogen) atoms. The Bertz CT molecular complexity index is 763. The first kappa shape index (κ1) is 12.3. The molecule has 5 heteroatoms. The van der Waals surface area contributed by atoms with E-state index >= 15 is 0 Å². The van der Waals surface area contributed by atoms with E-state index in [-0.39, 0.29) is 0 Å². The number of rotatable bonds is 2. The monoisotopic (exact) mass is 265 g/mol. The summed E-state index contributed by atoms with van der Waals surface area (Å²) in [6, 6.07) is 9.83. The first-order chi connectivity index (χ1) is 9.72. The second kappa shape index (κ2) is 5.13. The maximum atomic E-state index is 4.48. The van der Waals surface area contributed by atoms with Crippen molar-refractivity contribution in [3.05, 3.63) is 71.9 Å². The van der Waals surface area contributed by atoms with Crippen molar-refractivity contribution in [1.82, 2.24) is 19.4 Å². The lowest BCUT2D eigenvalue weighted by Crippen LogP contribution is -2.08. The number of hydrogen-bond donors (Lipinski definition) is 0. The van der Waals surface area contributed by atoms with E-state index < -0.39 is 0 Å². The summed E-state index contributed by atoms with van der Waals surface area (Å²) in [5, 5.41) is 9.66. The topological polar surface area (TPSA) is 48.0 Å². The average Bonchev–Trinajstić information content (AvgIpc) is 2.79. The van der Waals surface area contributed by atoms with Gasteiger partial charge in [-0.15, -0.1) is 0 Å². The lowest BCUT2D eigenvalue weighted by molar-refractivity contribution is 0.683. The predicted octanol–water partition coefficient (Wildman–Crippen LogP) is 2.05. The van der Waals surface area contributed by atoms with Gasteiger partial charge < -0.3 is 4.57 Å². The maximum Gasteiger partial charge on any atom is 0.0886 e. The number of nitrogens with zero attached hydrogens (tertiary/aromatic N) is 5. The molecule has 0 saturated heterocycles. The second-order valence-electron chi connectivity index (χ2n) is 4.59. The molecular formula is C15H15N5. The lowest BCUT2D eigenvalue weighted by atomic mass is 10.4. The highest BCUT2D eigenvalue weighted by atomic mass is 15.5. The van der Waals surface area contributed by atoms with Gasteiger partial charge in [0.2, 0.25) is 0 Å². The van der Waals surface area contributed by atoms with E-state index in [0.717, 1.165) is 22.4 Å². The fraction of sp³-hybridized carbons (Fsp3) is 0.133. The molecule has 0 N–H and O–H groups in total. The van der Waals surface area contributed by atoms with Crippen molar-refractivity contribution in [2.24, 2.45) is 5.10 Å². The summed E-state index contributed by atoms with van der Waals surface area (Å²) in [6.45, 7) is 3.95. The van der Waals surface area contributed by atoms with Gasteiger partial charge in [-0.1, -0.05) is 0 Å². The van der Waals surface area contributed by atoms with Crippen LogP contribution in [0, 0.1) is 13.8 Å². The molecule has 0 radical (unpaired) electrons. The van der Waals surface area contributed by atoms with E-state index in [1.807, 2.05) is 61.1 Å². The molecule has 0 saturated carbocycles. The fourth-order valence-corrected chi connectivity index (χ4v) is 2.00. The second-order valence-corrected chi connectivity index (χ2v) is 4.59. The van der Waals surface area contributed by atoms with Crippen molar-refractivity contribution in [2.75, 3.05) is 0 Å². The zero-order valence-corrected chi connectivity index (χ0v) is 11.4. The zero-order chi connectivity index (χ0) is 13.9. The Hall–Kier alpha value is -2.69. The molecule has 3 heterocycles. The van der Waals surface area contributed by atoms with Crippen LogP contribution in [0.3, 0.4) is 0 Å². The van der Waals surface area contributed by atoms with Gasteiger partial charge >= 0.3 is 0 Å². The molecule has 0 aliphatic rings. The van der Waals surface area contributed by atoms with Gasteiger partial charge in [0, 0.05) is 30.5 Å². The summed E-state index contributed by atoms with van der Waals surface area (Å²) >= 11 is 0. The van der Waals surface area contributed by atoms with E-state index in [1.165, 1.54) is 0 Å². The Kier molecular flexibility index (Phi) is 3.16. The molecule has 0 unspecified atom stereocenters. The molecular weight excluding hydrogens is 250 g/mol. The lowest BCUT2D eigenvalue weighted by Gasteiger charge is -2.04. The van der Waals surface area contributed by atoms with E-state index in [4.69, 9.17) is 0 Å². The van der Waals surface area contributed by atoms with Crippen LogP contribution in [0.25, 0.3) is 5.69 Å². The highest BCUT2D eigenvalue weighted by Gasteiger charge is 1.98. The smallest absolute Gasteiger partial charge is 0.0886 e. The van der Waals surface area contributed by atoms with Crippen molar-refractivity contribution in [1.29, 1.82) is 0 Å². The number of aromatic nitrogens is 4. The van der Waals surface area contributed by atoms with E-state index in [2.05, 4.69) is 15.2 Å². The molecule has 0 atom stereocenters. The Morgan fingerprint density at radius 3 is 2.30 bits per heavy atom. The SMILES string of the molecule is Cc1cc(C)n(N=c2ccn(-c3ccncc3)cc2)n1. The first-order valence-corrected chi connectivity index (χ1v) is 6.39. The summed E-state index contributed by atoms with van der Waals surface area (Å²) in [5.74, 6) is 0. The van der Waals surface area contributed by atoms with Crippen LogP contribution in [0.1, 0.15) is 11.4 Å². The van der Waals surface area contributed by atoms with Gasteiger partial charge in [-0.05, 0) is 44.2 Å². The number of pyridine rings is 2. The minimum atomic E-state index is 0.863. The van der Waals surface area contributed by atoms with Gasteiger partial charge in [0.15, 0.2) is 0 Å². The van der Waals surface area contributed by atoms with E-state index in [9.17, 15) is 0 Å². The van der Waals surface area contributed by atoms with Crippen LogP contribution in [0.5, 0.6) is 0 Å². The molecule has 3 aromatic rings. The van der Waals surface area contributed by atoms with Crippen LogP contribution in [0.15, 0.2) is 60.2 Å². The minimum Gasteiger partial charge on any atom is -0.324 e. The van der Waals surface area contributed by atoms with Gasteiger partial charge in [0.1, 0.15) is 0 Å². The van der Waals surface area contributed by atoms with E-state index in [1.54, 1.807) is 17.2 Å². The summed E-state index contributed by atoms with van der Waals surface area (Å²) in [6.07, 6.45) is 7.49. The van der Waals surface area contributed by atoms with Crippen molar-refractivity contribution in [2.45, 2.75) is 13.8 Å². The molecule has 0 spiro atoms. The number of aryl methyl sites for hydroxylation is 2. The van der Waals surface area contributed by atoms with Crippen LogP contribution >= 0.6 is 0 Å². The van der Waals surface area contributed by atoms with Crippen LogP contribution in [-0.4, -0.2) is 19.4 Å². The molecule has 0 aromatic carbocycles. The third kappa shape index (κ3) is 2.51. The third-order valence-corrected chi connectivity index (χ3v) is 2.97. The van der Waals surface area contributed by atoms with Gasteiger partial charge in [0.25, 0.3) is 0 Å². The van der Waals surface area contributed by atoms with Crippen LogP contribution < -0.4 is 5.36 Å². The number of hydrogen-bond acceptors (Lipinski definition) is 3. The molecule has 0 fully saturated rings. The highest BCUT2D eigenvalue weighted by Crippen LogP contribution is 2.03. The average molecular weight is 265 g/mol. The summed E-state index contributed by atoms with van der Waals surface area (Å²) in [7, 11) is 0. The highest BCUT2D eigenvalue weighted by molar-refractivity contribution is 5.28. The first-order valence-electron chi connectivity index (χ1n) is 6.39. The van der Waals surface area contributed by atoms with Crippen molar-refractivity contribution in [3.8, 4) is 5.69 Å². The third-order valence-electron chi connectivity index (χ3n) is 2.97. The molecule has 0 aliphatic carbocycles. The standard InChI is InChI=1S/C15H15N5/c1-12-11-13(2)20(17-12)18-14-5-9-19(10-6-14)15-3-7-16-8-4-15/h3-11H,1-2H3. The Morgan fingerprint density at radius 1 is 1.00 bits per heavy atom. The predicted molar refractivity (Wildman–Crippen MR) is 76.2 cm³/mol. The molecule has 0 bridgehead atoms. The molecule has 0 aliphatic heterocycles. The summed E-state index contributed by atoms with van der Waals surface area (Å²) in [5.41, 5.74) is 3.06. The normalized spacial score (nSPS) is 10.5. The van der Waals surface area contributed by atoms with Gasteiger partial charge in [-0.2, -0.15) is 15.0 Å². The Labute approximate surface area is 116 Å². The van der Waals surface area contributed by atoms with Crippen molar-refractivity contribution >= 4 is 0 Å². The summed E-state index contributed by atoms with van der Waals surface area (Å²) in [4.78, 5) is 5.67. The van der Waals surface area contributed by atoms with Crippen molar-refractivity contribution in [3.63, 3.8) is 0 Å². The van der Waals surface area contributed by atoms with Crippen LogP contribution in [0.4, 0.5) is 0 Å². The molecule has 3 aromatic heterocycles. The minimum absolute atomic E-state index is 0.863. The summed E-state index contributed by atoms with van der Waals surface area (Å²) < 4.78 is 2.02. The molecule has 3 rings (SSSR count). The quantitative estimate of drug-likeness (QED) is 0.712. The Balaban J connectivity index is 1.96. The van der Waals surface area contributed by atoms with Gasteiger partial charge in [-0.3, -0.25) is 4.98 Å². The fourth-order valence-electron chi connectivity index (χ4n) is 2.00. The van der Waals surface area contributed by atoms with Crippen LogP contribution in [0.2, 0.25) is 0 Å². The van der Waals surface area contributed by atoms with Gasteiger partial charge in [0.05, 0.1) is 16.7 Å². The zero-order valence-electron chi connectivity index (χ0n) is 11.4. The molecule has 100 valence electrons.